The molecule has 4 rings (SSSR count). The fraction of sp³-hybridized carbons (Fsp3) is 0.391. The lowest BCUT2D eigenvalue weighted by Crippen LogP contribution is -2.52. The fourth-order valence-corrected chi connectivity index (χ4v) is 4.74. The van der Waals surface area contributed by atoms with Crippen molar-refractivity contribution in [3.63, 3.8) is 0 Å². The number of likely N-dealkylation sites (N-methyl/N-ethyl adjacent to an activating group) is 1. The molecular formula is C23H25ClNO4+. The Hall–Kier alpha value is -2.37. The average Bonchev–Trinajstić information content (AvgIpc) is 3.18. The molecule has 0 N–H and O–H groups in total. The van der Waals surface area contributed by atoms with Gasteiger partial charge in [-0.15, -0.1) is 0 Å². The predicted octanol–water partition coefficient (Wildman–Crippen LogP) is 4.15. The van der Waals surface area contributed by atoms with Crippen LogP contribution in [-0.2, 0) is 17.6 Å². The summed E-state index contributed by atoms with van der Waals surface area (Å²) in [5, 5.41) is 0.606. The molecule has 2 aromatic rings. The normalized spacial score (nSPS) is 22.2. The minimum atomic E-state index is -0.103. The number of carbonyl (C=O) groups excluding carboxylic acids is 2. The number of halogens is 1. The fourth-order valence-electron chi connectivity index (χ4n) is 4.54. The molecule has 2 atom stereocenters. The molecule has 0 aliphatic carbocycles. The molecule has 0 aromatic heterocycles. The van der Waals surface area contributed by atoms with Gasteiger partial charge in [-0.1, -0.05) is 29.8 Å². The molecule has 0 spiro atoms. The number of quaternary nitrogens is 1. The van der Waals surface area contributed by atoms with Gasteiger partial charge in [0.15, 0.2) is 17.8 Å². The van der Waals surface area contributed by atoms with Crippen LogP contribution in [0.15, 0.2) is 30.3 Å². The molecule has 29 heavy (non-hydrogen) atoms. The van der Waals surface area contributed by atoms with Crippen LogP contribution in [0.25, 0.3) is 0 Å². The number of rotatable bonds is 6. The van der Waals surface area contributed by atoms with Crippen LogP contribution in [0.2, 0.25) is 5.02 Å². The number of ether oxygens (including phenoxy) is 2. The largest absolute Gasteiger partial charge is 0.454 e. The summed E-state index contributed by atoms with van der Waals surface area (Å²) in [6, 6.07) is 9.32. The summed E-state index contributed by atoms with van der Waals surface area (Å²) in [6.45, 7) is 4.03. The molecular weight excluding hydrogens is 390 g/mol. The average molecular weight is 415 g/mol. The van der Waals surface area contributed by atoms with Gasteiger partial charge in [0.25, 0.3) is 0 Å². The van der Waals surface area contributed by atoms with E-state index >= 15 is 0 Å². The maximum absolute atomic E-state index is 13.1. The maximum atomic E-state index is 13.1. The number of ketones is 1. The number of nitrogens with zero attached hydrogens (tertiary/aromatic N) is 1. The van der Waals surface area contributed by atoms with Gasteiger partial charge in [0.2, 0.25) is 6.79 Å². The van der Waals surface area contributed by atoms with Crippen LogP contribution >= 0.6 is 11.6 Å². The Morgan fingerprint density at radius 1 is 1.31 bits per heavy atom. The summed E-state index contributed by atoms with van der Waals surface area (Å²) in [5.74, 6) is 1.25. The van der Waals surface area contributed by atoms with E-state index in [0.29, 0.717) is 33.0 Å². The highest BCUT2D eigenvalue weighted by atomic mass is 35.5. The summed E-state index contributed by atoms with van der Waals surface area (Å²) < 4.78 is 11.8. The standard InChI is InChI=1S/C23H25ClNO4/c1-3-25(2)9-8-16-11-21-23(29-14-28-21)18(13-26)22(16)20(25)12-17(27)10-15-6-4-5-7-19(15)24/h4-7,11,13,20H,3,8-10,12,14H2,1-2H3/q+1. The molecule has 152 valence electrons. The number of hydrogen-bond acceptors (Lipinski definition) is 4. The summed E-state index contributed by atoms with van der Waals surface area (Å²) in [6.07, 6.45) is 2.33. The Morgan fingerprint density at radius 3 is 2.83 bits per heavy atom. The molecule has 2 aliphatic heterocycles. The van der Waals surface area contributed by atoms with Crippen molar-refractivity contribution in [1.29, 1.82) is 0 Å². The van der Waals surface area contributed by atoms with E-state index in [1.54, 1.807) is 6.07 Å². The summed E-state index contributed by atoms with van der Waals surface area (Å²) in [7, 11) is 2.16. The highest BCUT2D eigenvalue weighted by Crippen LogP contribution is 2.46. The Balaban J connectivity index is 1.72. The molecule has 0 radical (unpaired) electrons. The van der Waals surface area contributed by atoms with Gasteiger partial charge in [-0.3, -0.25) is 9.59 Å². The van der Waals surface area contributed by atoms with E-state index in [-0.39, 0.29) is 25.0 Å². The van der Waals surface area contributed by atoms with Crippen LogP contribution in [0.5, 0.6) is 11.5 Å². The maximum Gasteiger partial charge on any atom is 0.231 e. The number of benzene rings is 2. The van der Waals surface area contributed by atoms with E-state index < -0.39 is 0 Å². The van der Waals surface area contributed by atoms with Crippen molar-refractivity contribution >= 4 is 23.7 Å². The third kappa shape index (κ3) is 3.53. The van der Waals surface area contributed by atoms with Crippen LogP contribution < -0.4 is 9.47 Å². The molecule has 0 saturated heterocycles. The molecule has 0 bridgehead atoms. The van der Waals surface area contributed by atoms with Crippen molar-refractivity contribution in [3.8, 4) is 11.5 Å². The third-order valence-corrected chi connectivity index (χ3v) is 6.78. The Morgan fingerprint density at radius 2 is 2.10 bits per heavy atom. The predicted molar refractivity (Wildman–Crippen MR) is 111 cm³/mol. The summed E-state index contributed by atoms with van der Waals surface area (Å²) in [4.78, 5) is 25.1. The van der Waals surface area contributed by atoms with Crippen molar-refractivity contribution in [2.45, 2.75) is 32.2 Å². The van der Waals surface area contributed by atoms with Gasteiger partial charge in [-0.25, -0.2) is 0 Å². The molecule has 2 heterocycles. The number of fused-ring (bicyclic) bond motifs is 2. The zero-order valence-corrected chi connectivity index (χ0v) is 17.5. The molecule has 6 heteroatoms. The molecule has 2 unspecified atom stereocenters. The number of Topliss-reactive ketones (excluding diaryl/α,β-unsaturated/α-hetero) is 1. The van der Waals surface area contributed by atoms with Gasteiger partial charge in [0, 0.05) is 23.4 Å². The number of aldehydes is 1. The molecule has 0 amide bonds. The van der Waals surface area contributed by atoms with Crippen LogP contribution in [0.4, 0.5) is 0 Å². The van der Waals surface area contributed by atoms with Crippen molar-refractivity contribution in [2.75, 3.05) is 26.9 Å². The SMILES string of the molecule is CC[N+]1(C)CCc2cc3c(c(C=O)c2C1CC(=O)Cc1ccccc1Cl)OCO3. The lowest BCUT2D eigenvalue weighted by atomic mass is 9.83. The lowest BCUT2D eigenvalue weighted by Gasteiger charge is -2.45. The van der Waals surface area contributed by atoms with Crippen molar-refractivity contribution in [3.05, 3.63) is 57.6 Å². The van der Waals surface area contributed by atoms with Gasteiger partial charge in [-0.2, -0.15) is 0 Å². The first-order chi connectivity index (χ1) is 14.0. The van der Waals surface area contributed by atoms with Gasteiger partial charge in [0.1, 0.15) is 11.8 Å². The number of carbonyl (C=O) groups is 2. The van der Waals surface area contributed by atoms with Crippen molar-refractivity contribution in [1.82, 2.24) is 0 Å². The molecule has 5 nitrogen and oxygen atoms in total. The van der Waals surface area contributed by atoms with Crippen molar-refractivity contribution < 1.29 is 23.5 Å². The topological polar surface area (TPSA) is 52.6 Å². The zero-order chi connectivity index (χ0) is 20.6. The quantitative estimate of drug-likeness (QED) is 0.526. The monoisotopic (exact) mass is 414 g/mol. The first kappa shape index (κ1) is 19.9. The third-order valence-electron chi connectivity index (χ3n) is 6.41. The van der Waals surface area contributed by atoms with Crippen LogP contribution in [-0.4, -0.2) is 43.5 Å². The molecule has 2 aromatic carbocycles. The Bertz CT molecular complexity index is 974. The number of hydrogen-bond donors (Lipinski definition) is 0. The lowest BCUT2D eigenvalue weighted by molar-refractivity contribution is -0.939. The Labute approximate surface area is 175 Å². The summed E-state index contributed by atoms with van der Waals surface area (Å²) in [5.41, 5.74) is 3.38. The van der Waals surface area contributed by atoms with Gasteiger partial charge in [-0.05, 0) is 30.2 Å². The highest BCUT2D eigenvalue weighted by molar-refractivity contribution is 6.31. The smallest absolute Gasteiger partial charge is 0.231 e. The second-order valence-electron chi connectivity index (χ2n) is 8.01. The second-order valence-corrected chi connectivity index (χ2v) is 8.42. The first-order valence-corrected chi connectivity index (χ1v) is 10.3. The minimum Gasteiger partial charge on any atom is -0.454 e. The van der Waals surface area contributed by atoms with E-state index in [1.165, 1.54) is 0 Å². The summed E-state index contributed by atoms with van der Waals surface area (Å²) >= 11 is 6.25. The van der Waals surface area contributed by atoms with Crippen LogP contribution in [0, 0.1) is 0 Å². The highest BCUT2D eigenvalue weighted by Gasteiger charge is 2.42. The van der Waals surface area contributed by atoms with E-state index in [4.69, 9.17) is 21.1 Å². The van der Waals surface area contributed by atoms with Gasteiger partial charge < -0.3 is 14.0 Å². The van der Waals surface area contributed by atoms with Gasteiger partial charge in [0.05, 0.1) is 32.1 Å². The zero-order valence-electron chi connectivity index (χ0n) is 16.7. The van der Waals surface area contributed by atoms with E-state index in [1.807, 2.05) is 24.3 Å². The minimum absolute atomic E-state index is 0.103. The van der Waals surface area contributed by atoms with E-state index in [0.717, 1.165) is 42.5 Å². The van der Waals surface area contributed by atoms with Gasteiger partial charge >= 0.3 is 0 Å². The molecule has 0 saturated carbocycles. The Kier molecular flexibility index (Phi) is 5.36. The van der Waals surface area contributed by atoms with Crippen LogP contribution in [0.3, 0.4) is 0 Å². The first-order valence-electron chi connectivity index (χ1n) is 9.96. The molecule has 2 aliphatic rings. The van der Waals surface area contributed by atoms with E-state index in [2.05, 4.69) is 14.0 Å². The van der Waals surface area contributed by atoms with E-state index in [9.17, 15) is 9.59 Å². The molecule has 0 fully saturated rings. The second kappa shape index (κ2) is 7.81. The van der Waals surface area contributed by atoms with Crippen LogP contribution in [0.1, 0.15) is 46.4 Å². The van der Waals surface area contributed by atoms with Crippen molar-refractivity contribution in [2.24, 2.45) is 0 Å².